The van der Waals surface area contributed by atoms with Gasteiger partial charge in [-0.3, -0.25) is 9.78 Å². The third-order valence-electron chi connectivity index (χ3n) is 4.33. The molecule has 110 valence electrons. The number of hydrogen-bond donors (Lipinski definition) is 2. The van der Waals surface area contributed by atoms with Gasteiger partial charge in [-0.2, -0.15) is 0 Å². The number of carbonyl (C=O) groups excluding carboxylic acids is 1. The molecule has 2 N–H and O–H groups in total. The molecule has 1 aromatic rings. The molecule has 0 aliphatic heterocycles. The van der Waals surface area contributed by atoms with E-state index in [2.05, 4.69) is 17.2 Å². The summed E-state index contributed by atoms with van der Waals surface area (Å²) in [5.41, 5.74) is 0.729. The molecule has 1 fully saturated rings. The number of aliphatic hydroxyl groups excluding tert-OH is 1. The van der Waals surface area contributed by atoms with Gasteiger partial charge < -0.3 is 10.4 Å². The maximum absolute atomic E-state index is 12.1. The number of aromatic nitrogens is 1. The van der Waals surface area contributed by atoms with Crippen LogP contribution < -0.4 is 5.32 Å². The highest BCUT2D eigenvalue weighted by atomic mass is 16.3. The second-order valence-corrected chi connectivity index (χ2v) is 6.02. The van der Waals surface area contributed by atoms with Crippen LogP contribution in [0.1, 0.15) is 44.6 Å². The van der Waals surface area contributed by atoms with E-state index in [9.17, 15) is 9.90 Å². The topological polar surface area (TPSA) is 62.2 Å². The van der Waals surface area contributed by atoms with Crippen molar-refractivity contribution in [2.45, 2.75) is 51.0 Å². The summed E-state index contributed by atoms with van der Waals surface area (Å²) in [6.45, 7) is 2.27. The molecule has 2 rings (SSSR count). The molecule has 0 unspecified atom stereocenters. The number of pyridine rings is 1. The first kappa shape index (κ1) is 15.0. The van der Waals surface area contributed by atoms with Gasteiger partial charge in [0.05, 0.1) is 12.1 Å². The van der Waals surface area contributed by atoms with Crippen molar-refractivity contribution in [3.05, 3.63) is 30.1 Å². The van der Waals surface area contributed by atoms with Gasteiger partial charge in [-0.1, -0.05) is 6.92 Å². The average Bonchev–Trinajstić information content (AvgIpc) is 2.49. The minimum atomic E-state index is -0.387. The van der Waals surface area contributed by atoms with E-state index in [1.807, 2.05) is 12.1 Å². The molecule has 4 nitrogen and oxygen atoms in total. The lowest BCUT2D eigenvalue weighted by atomic mass is 9.77. The first-order chi connectivity index (χ1) is 9.63. The van der Waals surface area contributed by atoms with Crippen LogP contribution in [0.2, 0.25) is 0 Å². The largest absolute Gasteiger partial charge is 0.394 e. The van der Waals surface area contributed by atoms with Crippen molar-refractivity contribution in [1.82, 2.24) is 10.3 Å². The van der Waals surface area contributed by atoms with Gasteiger partial charge in [0.1, 0.15) is 0 Å². The summed E-state index contributed by atoms with van der Waals surface area (Å²) < 4.78 is 0. The molecule has 1 aliphatic rings. The van der Waals surface area contributed by atoms with Crippen LogP contribution in [0.3, 0.4) is 0 Å². The lowest BCUT2D eigenvalue weighted by Crippen LogP contribution is -2.53. The summed E-state index contributed by atoms with van der Waals surface area (Å²) >= 11 is 0. The van der Waals surface area contributed by atoms with Gasteiger partial charge in [-0.25, -0.2) is 0 Å². The molecule has 1 heterocycles. The van der Waals surface area contributed by atoms with Crippen molar-refractivity contribution in [3.63, 3.8) is 0 Å². The normalized spacial score (nSPS) is 26.2. The summed E-state index contributed by atoms with van der Waals surface area (Å²) in [6, 6.07) is 3.86. The zero-order valence-corrected chi connectivity index (χ0v) is 12.1. The molecular formula is C16H24N2O2. The standard InChI is InChI=1S/C16H24N2O2/c1-13-4-8-16(12-19,9-5-13)18-15(20)3-2-14-6-10-17-11-7-14/h6-7,10-11,13,19H,2-5,8-9,12H2,1H3,(H,18,20). The molecule has 0 saturated heterocycles. The summed E-state index contributed by atoms with van der Waals surface area (Å²) in [7, 11) is 0. The van der Waals surface area contributed by atoms with Crippen LogP contribution in [0.5, 0.6) is 0 Å². The van der Waals surface area contributed by atoms with Gasteiger partial charge in [0.25, 0.3) is 0 Å². The van der Waals surface area contributed by atoms with E-state index in [0.29, 0.717) is 18.8 Å². The molecule has 4 heteroatoms. The predicted molar refractivity (Wildman–Crippen MR) is 78.1 cm³/mol. The first-order valence-electron chi connectivity index (χ1n) is 7.44. The van der Waals surface area contributed by atoms with E-state index < -0.39 is 0 Å². The maximum Gasteiger partial charge on any atom is 0.220 e. The van der Waals surface area contributed by atoms with Gasteiger partial charge >= 0.3 is 0 Å². The second kappa shape index (κ2) is 6.84. The third kappa shape index (κ3) is 4.04. The Labute approximate surface area is 120 Å². The van der Waals surface area contributed by atoms with E-state index >= 15 is 0 Å². The number of amides is 1. The number of rotatable bonds is 5. The van der Waals surface area contributed by atoms with Crippen LogP contribution in [0.25, 0.3) is 0 Å². The first-order valence-corrected chi connectivity index (χ1v) is 7.44. The van der Waals surface area contributed by atoms with E-state index in [1.54, 1.807) is 12.4 Å². The molecule has 0 atom stereocenters. The Morgan fingerprint density at radius 3 is 2.65 bits per heavy atom. The molecule has 1 aromatic heterocycles. The maximum atomic E-state index is 12.1. The second-order valence-electron chi connectivity index (χ2n) is 6.02. The van der Waals surface area contributed by atoms with Crippen molar-refractivity contribution < 1.29 is 9.90 Å². The number of aryl methyl sites for hydroxylation is 1. The Morgan fingerprint density at radius 2 is 2.05 bits per heavy atom. The van der Waals surface area contributed by atoms with Crippen molar-refractivity contribution >= 4 is 5.91 Å². The zero-order valence-electron chi connectivity index (χ0n) is 12.1. The predicted octanol–water partition coefficient (Wildman–Crippen LogP) is 2.07. The third-order valence-corrected chi connectivity index (χ3v) is 4.33. The molecule has 0 radical (unpaired) electrons. The van der Waals surface area contributed by atoms with E-state index in [4.69, 9.17) is 0 Å². The van der Waals surface area contributed by atoms with Crippen LogP contribution in [0, 0.1) is 5.92 Å². The molecule has 20 heavy (non-hydrogen) atoms. The minimum absolute atomic E-state index is 0.0328. The van der Waals surface area contributed by atoms with Gasteiger partial charge in [0.2, 0.25) is 5.91 Å². The monoisotopic (exact) mass is 276 g/mol. The summed E-state index contributed by atoms with van der Waals surface area (Å²) in [5, 5.41) is 12.7. The molecular weight excluding hydrogens is 252 g/mol. The van der Waals surface area contributed by atoms with E-state index in [-0.39, 0.29) is 18.1 Å². The van der Waals surface area contributed by atoms with Crippen LogP contribution in [0.15, 0.2) is 24.5 Å². The zero-order chi connectivity index (χ0) is 14.4. The molecule has 0 spiro atoms. The number of carbonyl (C=O) groups is 1. The van der Waals surface area contributed by atoms with Gasteiger partial charge in [0.15, 0.2) is 0 Å². The Bertz CT molecular complexity index is 425. The highest BCUT2D eigenvalue weighted by Gasteiger charge is 2.34. The molecule has 1 aliphatic carbocycles. The van der Waals surface area contributed by atoms with Crippen LogP contribution in [0.4, 0.5) is 0 Å². The number of nitrogens with one attached hydrogen (secondary N) is 1. The highest BCUT2D eigenvalue weighted by molar-refractivity contribution is 5.77. The SMILES string of the molecule is CC1CCC(CO)(NC(=O)CCc2ccncc2)CC1. The smallest absolute Gasteiger partial charge is 0.220 e. The van der Waals surface area contributed by atoms with Crippen LogP contribution >= 0.6 is 0 Å². The Morgan fingerprint density at radius 1 is 1.40 bits per heavy atom. The van der Waals surface area contributed by atoms with Crippen molar-refractivity contribution in [2.75, 3.05) is 6.61 Å². The van der Waals surface area contributed by atoms with E-state index in [0.717, 1.165) is 31.2 Å². The van der Waals surface area contributed by atoms with Gasteiger partial charge in [-0.15, -0.1) is 0 Å². The Hall–Kier alpha value is -1.42. The van der Waals surface area contributed by atoms with Crippen LogP contribution in [-0.4, -0.2) is 28.1 Å². The lowest BCUT2D eigenvalue weighted by Gasteiger charge is -2.38. The summed E-state index contributed by atoms with van der Waals surface area (Å²) in [6.07, 6.45) is 8.57. The lowest BCUT2D eigenvalue weighted by molar-refractivity contribution is -0.124. The molecule has 0 aromatic carbocycles. The van der Waals surface area contributed by atoms with Gasteiger partial charge in [0, 0.05) is 18.8 Å². The quantitative estimate of drug-likeness (QED) is 0.865. The summed E-state index contributed by atoms with van der Waals surface area (Å²) in [4.78, 5) is 16.1. The molecule has 1 amide bonds. The fourth-order valence-corrected chi connectivity index (χ4v) is 2.80. The Kier molecular flexibility index (Phi) is 5.12. The van der Waals surface area contributed by atoms with Gasteiger partial charge in [-0.05, 0) is 55.7 Å². The van der Waals surface area contributed by atoms with Crippen molar-refractivity contribution in [3.8, 4) is 0 Å². The fourth-order valence-electron chi connectivity index (χ4n) is 2.80. The fraction of sp³-hybridized carbons (Fsp3) is 0.625. The van der Waals surface area contributed by atoms with E-state index in [1.165, 1.54) is 0 Å². The minimum Gasteiger partial charge on any atom is -0.394 e. The average molecular weight is 276 g/mol. The van der Waals surface area contributed by atoms with Crippen LogP contribution in [-0.2, 0) is 11.2 Å². The molecule has 1 saturated carbocycles. The Balaban J connectivity index is 1.83. The van der Waals surface area contributed by atoms with Crippen molar-refractivity contribution in [2.24, 2.45) is 5.92 Å². The number of nitrogens with zero attached hydrogens (tertiary/aromatic N) is 1. The number of aliphatic hydroxyl groups is 1. The summed E-state index contributed by atoms with van der Waals surface area (Å²) in [5.74, 6) is 0.730. The number of hydrogen-bond acceptors (Lipinski definition) is 3. The highest BCUT2D eigenvalue weighted by Crippen LogP contribution is 2.31. The van der Waals surface area contributed by atoms with Crippen molar-refractivity contribution in [1.29, 1.82) is 0 Å². The molecule has 0 bridgehead atoms.